The Bertz CT molecular complexity index is 747. The highest BCUT2D eigenvalue weighted by Crippen LogP contribution is 2.11. The molecule has 2 heterocycles. The maximum absolute atomic E-state index is 11.6. The Hall–Kier alpha value is -2.75. The van der Waals surface area contributed by atoms with E-state index < -0.39 is 11.8 Å². The summed E-state index contributed by atoms with van der Waals surface area (Å²) in [4.78, 5) is 36.6. The number of hydrogen-bond donors (Lipinski definition) is 3. The summed E-state index contributed by atoms with van der Waals surface area (Å²) in [6.45, 7) is 1.87. The number of amides is 1. The monoisotopic (exact) mass is 294 g/mol. The highest BCUT2D eigenvalue weighted by Gasteiger charge is 2.15. The molecule has 0 atom stereocenters. The zero-order valence-electron chi connectivity index (χ0n) is 11.2. The molecule has 4 N–H and O–H groups in total. The van der Waals surface area contributed by atoms with Crippen LogP contribution in [-0.2, 0) is 11.3 Å². The van der Waals surface area contributed by atoms with Crippen molar-refractivity contribution >= 4 is 23.1 Å². The Morgan fingerprint density at radius 2 is 2.38 bits per heavy atom. The molecule has 0 saturated carbocycles. The number of rotatable bonds is 4. The van der Waals surface area contributed by atoms with Crippen LogP contribution in [0.2, 0.25) is 0 Å². The number of nitrogens with two attached hydrogens (primary N) is 1. The highest BCUT2D eigenvalue weighted by atomic mass is 16.5. The number of H-pyrrole nitrogens is 1. The third-order valence-electron chi connectivity index (χ3n) is 2.56. The first-order valence-electron chi connectivity index (χ1n) is 6.14. The van der Waals surface area contributed by atoms with Gasteiger partial charge in [-0.25, -0.2) is 14.6 Å². The number of aliphatic hydroxyl groups excluding tert-OH is 1. The zero-order chi connectivity index (χ0) is 15.4. The number of aromatic nitrogens is 4. The standard InChI is InChI=1S/C11H14N6O4/c1-2-21-11(20)15-8(12)6-7-9(16-10(19)14-6)17(3-4-18)5-13-7/h5,18H,2-4H2,1H3,(H2,12,15,20)(H,14,16,19). The molecule has 2 aromatic rings. The number of hydrogen-bond acceptors (Lipinski definition) is 6. The molecule has 0 unspecified atom stereocenters. The van der Waals surface area contributed by atoms with E-state index in [4.69, 9.17) is 10.8 Å². The lowest BCUT2D eigenvalue weighted by molar-refractivity contribution is 0.163. The molecule has 0 fully saturated rings. The molecule has 0 saturated heterocycles. The van der Waals surface area contributed by atoms with Gasteiger partial charge in [0.15, 0.2) is 11.5 Å². The van der Waals surface area contributed by atoms with Gasteiger partial charge in [0.25, 0.3) is 0 Å². The van der Waals surface area contributed by atoms with E-state index in [-0.39, 0.29) is 42.5 Å². The molecule has 0 aliphatic rings. The number of carbonyl (C=O) groups is 1. The fourth-order valence-electron chi connectivity index (χ4n) is 1.73. The average molecular weight is 294 g/mol. The molecule has 10 nitrogen and oxygen atoms in total. The van der Waals surface area contributed by atoms with Gasteiger partial charge >= 0.3 is 11.8 Å². The molecule has 0 aromatic carbocycles. The first-order chi connectivity index (χ1) is 10.1. The fourth-order valence-corrected chi connectivity index (χ4v) is 1.73. The van der Waals surface area contributed by atoms with E-state index in [9.17, 15) is 9.59 Å². The molecular formula is C11H14N6O4. The third kappa shape index (κ3) is 3.05. The molecule has 2 rings (SSSR count). The second kappa shape index (κ2) is 6.13. The molecular weight excluding hydrogens is 280 g/mol. The molecule has 1 amide bonds. The van der Waals surface area contributed by atoms with E-state index in [0.717, 1.165) is 0 Å². The van der Waals surface area contributed by atoms with Gasteiger partial charge in [0.2, 0.25) is 0 Å². The molecule has 10 heteroatoms. The predicted octanol–water partition coefficient (Wildman–Crippen LogP) is -1.03. The third-order valence-corrected chi connectivity index (χ3v) is 2.56. The normalized spacial score (nSPS) is 11.8. The van der Waals surface area contributed by atoms with Crippen LogP contribution in [0.4, 0.5) is 4.79 Å². The van der Waals surface area contributed by atoms with Crippen LogP contribution in [0.25, 0.3) is 11.2 Å². The van der Waals surface area contributed by atoms with Crippen LogP contribution in [-0.4, -0.2) is 49.8 Å². The van der Waals surface area contributed by atoms with Gasteiger partial charge in [-0.3, -0.25) is 0 Å². The van der Waals surface area contributed by atoms with Crippen molar-refractivity contribution in [1.82, 2.24) is 19.5 Å². The Kier molecular flexibility index (Phi) is 4.28. The SMILES string of the molecule is CCOC(=O)/N=C(/N)c1[nH]c(=O)nc2c1ncn2CCO. The summed E-state index contributed by atoms with van der Waals surface area (Å²) in [5.74, 6) is -0.229. The van der Waals surface area contributed by atoms with Gasteiger partial charge in [0.1, 0.15) is 11.2 Å². The molecule has 0 bridgehead atoms. The number of amidine groups is 1. The van der Waals surface area contributed by atoms with Gasteiger partial charge in [-0.05, 0) is 6.92 Å². The van der Waals surface area contributed by atoms with Crippen molar-refractivity contribution < 1.29 is 14.6 Å². The summed E-state index contributed by atoms with van der Waals surface area (Å²) in [5.41, 5.74) is 5.62. The minimum absolute atomic E-state index is 0.0785. The molecule has 0 aliphatic carbocycles. The van der Waals surface area contributed by atoms with Crippen molar-refractivity contribution in [1.29, 1.82) is 0 Å². The molecule has 0 aliphatic heterocycles. The van der Waals surface area contributed by atoms with Crippen molar-refractivity contribution in [2.45, 2.75) is 13.5 Å². The van der Waals surface area contributed by atoms with Gasteiger partial charge in [-0.1, -0.05) is 0 Å². The number of aliphatic hydroxyl groups is 1. The van der Waals surface area contributed by atoms with Gasteiger partial charge in [0.05, 0.1) is 19.5 Å². The van der Waals surface area contributed by atoms with Crippen molar-refractivity contribution in [2.24, 2.45) is 10.7 Å². The lowest BCUT2D eigenvalue weighted by Crippen LogP contribution is -2.24. The molecule has 112 valence electrons. The highest BCUT2D eigenvalue weighted by molar-refractivity contribution is 6.07. The van der Waals surface area contributed by atoms with E-state index in [0.29, 0.717) is 0 Å². The van der Waals surface area contributed by atoms with Crippen LogP contribution in [0.5, 0.6) is 0 Å². The lowest BCUT2D eigenvalue weighted by Gasteiger charge is -2.03. The number of fused-ring (bicyclic) bond motifs is 1. The van der Waals surface area contributed by atoms with Gasteiger partial charge in [-0.2, -0.15) is 9.98 Å². The number of nitrogens with one attached hydrogen (secondary N) is 1. The van der Waals surface area contributed by atoms with Crippen LogP contribution >= 0.6 is 0 Å². The Labute approximate surface area is 118 Å². The topological polar surface area (TPSA) is 148 Å². The summed E-state index contributed by atoms with van der Waals surface area (Å²) >= 11 is 0. The molecule has 21 heavy (non-hydrogen) atoms. The smallest absolute Gasteiger partial charge is 0.435 e. The second-order valence-electron chi connectivity index (χ2n) is 3.95. The van der Waals surface area contributed by atoms with Gasteiger partial charge < -0.3 is 25.1 Å². The molecule has 0 spiro atoms. The average Bonchev–Trinajstić information content (AvgIpc) is 2.81. The van der Waals surface area contributed by atoms with Crippen LogP contribution < -0.4 is 11.4 Å². The second-order valence-corrected chi connectivity index (χ2v) is 3.95. The number of aliphatic imine (C=N–C) groups is 1. The van der Waals surface area contributed by atoms with E-state index >= 15 is 0 Å². The van der Waals surface area contributed by atoms with Crippen LogP contribution in [0.3, 0.4) is 0 Å². The van der Waals surface area contributed by atoms with Crippen molar-refractivity contribution in [3.63, 3.8) is 0 Å². The first kappa shape index (κ1) is 14.7. The molecule has 0 radical (unpaired) electrons. The Morgan fingerprint density at radius 1 is 1.62 bits per heavy atom. The minimum atomic E-state index is -0.865. The predicted molar refractivity (Wildman–Crippen MR) is 73.0 cm³/mol. The quantitative estimate of drug-likeness (QED) is 0.482. The van der Waals surface area contributed by atoms with Gasteiger partial charge in [0, 0.05) is 6.54 Å². The number of nitrogens with zero attached hydrogens (tertiary/aromatic N) is 4. The van der Waals surface area contributed by atoms with Crippen molar-refractivity contribution in [2.75, 3.05) is 13.2 Å². The summed E-state index contributed by atoms with van der Waals surface area (Å²) in [7, 11) is 0. The van der Waals surface area contributed by atoms with Crippen molar-refractivity contribution in [3.8, 4) is 0 Å². The summed E-state index contributed by atoms with van der Waals surface area (Å²) in [6, 6.07) is 0. The zero-order valence-corrected chi connectivity index (χ0v) is 11.2. The van der Waals surface area contributed by atoms with Gasteiger partial charge in [-0.15, -0.1) is 0 Å². The van der Waals surface area contributed by atoms with E-state index in [2.05, 4.69) is 24.7 Å². The Balaban J connectivity index is 2.53. The van der Waals surface area contributed by atoms with E-state index in [1.165, 1.54) is 10.9 Å². The van der Waals surface area contributed by atoms with Crippen LogP contribution in [0, 0.1) is 0 Å². The number of imidazole rings is 1. The fraction of sp³-hybridized carbons (Fsp3) is 0.364. The van der Waals surface area contributed by atoms with E-state index in [1.54, 1.807) is 6.92 Å². The minimum Gasteiger partial charge on any atom is -0.448 e. The number of carbonyl (C=O) groups excluding carboxylic acids is 1. The van der Waals surface area contributed by atoms with E-state index in [1.807, 2.05) is 0 Å². The Morgan fingerprint density at radius 3 is 3.05 bits per heavy atom. The molecule has 2 aromatic heterocycles. The van der Waals surface area contributed by atoms with Crippen LogP contribution in [0.15, 0.2) is 16.1 Å². The number of ether oxygens (including phenoxy) is 1. The largest absolute Gasteiger partial charge is 0.448 e. The maximum atomic E-state index is 11.6. The first-order valence-corrected chi connectivity index (χ1v) is 6.14. The van der Waals surface area contributed by atoms with Crippen molar-refractivity contribution in [3.05, 3.63) is 22.5 Å². The lowest BCUT2D eigenvalue weighted by atomic mass is 10.3. The number of aromatic amines is 1. The summed E-state index contributed by atoms with van der Waals surface area (Å²) in [6.07, 6.45) is 0.540. The summed E-state index contributed by atoms with van der Waals surface area (Å²) in [5, 5.41) is 8.95. The van der Waals surface area contributed by atoms with Crippen LogP contribution in [0.1, 0.15) is 12.6 Å². The summed E-state index contributed by atoms with van der Waals surface area (Å²) < 4.78 is 6.14. The maximum Gasteiger partial charge on any atom is 0.435 e.